The molecular formula is C17H28ClN3O3. The fourth-order valence-corrected chi connectivity index (χ4v) is 1.75. The number of halogens is 1. The Morgan fingerprint density at radius 2 is 1.71 bits per heavy atom. The molecule has 0 saturated carbocycles. The number of benzene rings is 1. The quantitative estimate of drug-likeness (QED) is 0.728. The van der Waals surface area contributed by atoms with Crippen molar-refractivity contribution in [3.8, 4) is 5.75 Å². The molecule has 0 fully saturated rings. The lowest BCUT2D eigenvalue weighted by atomic mass is 10.1. The van der Waals surface area contributed by atoms with E-state index in [9.17, 15) is 9.59 Å². The van der Waals surface area contributed by atoms with Crippen molar-refractivity contribution in [1.29, 1.82) is 0 Å². The molecule has 4 N–H and O–H groups in total. The van der Waals surface area contributed by atoms with Gasteiger partial charge in [0, 0.05) is 5.69 Å². The standard InChI is InChI=1S/C17H27N3O3.ClH/c1-11(2)15(18)16(22)19-10-14(21)20-12-6-8-13(9-7-12)23-17(3,4)5;/h6-9,11,15H,10,18H2,1-5H3,(H,19,22)(H,20,21);1H/t15-;/m0./s1. The highest BCUT2D eigenvalue weighted by Gasteiger charge is 2.17. The van der Waals surface area contributed by atoms with Crippen LogP contribution in [-0.4, -0.2) is 30.0 Å². The second kappa shape index (κ2) is 9.49. The first kappa shape index (κ1) is 22.2. The third-order valence-corrected chi connectivity index (χ3v) is 3.01. The number of hydrogen-bond donors (Lipinski definition) is 3. The monoisotopic (exact) mass is 357 g/mol. The highest BCUT2D eigenvalue weighted by molar-refractivity contribution is 5.95. The van der Waals surface area contributed by atoms with Crippen LogP contribution in [0.3, 0.4) is 0 Å². The van der Waals surface area contributed by atoms with Gasteiger partial charge in [-0.3, -0.25) is 9.59 Å². The van der Waals surface area contributed by atoms with E-state index in [-0.39, 0.29) is 42.3 Å². The molecule has 0 bridgehead atoms. The number of hydrogen-bond acceptors (Lipinski definition) is 4. The molecule has 7 heteroatoms. The van der Waals surface area contributed by atoms with Crippen LogP contribution in [0.4, 0.5) is 5.69 Å². The van der Waals surface area contributed by atoms with Crippen LogP contribution in [-0.2, 0) is 9.59 Å². The average Bonchev–Trinajstić information content (AvgIpc) is 2.44. The summed E-state index contributed by atoms with van der Waals surface area (Å²) in [6.45, 7) is 9.49. The molecule has 0 aromatic heterocycles. The Morgan fingerprint density at radius 3 is 2.17 bits per heavy atom. The maximum atomic E-state index is 11.8. The molecule has 1 rings (SSSR count). The van der Waals surface area contributed by atoms with E-state index in [1.807, 2.05) is 34.6 Å². The molecule has 0 aliphatic rings. The lowest BCUT2D eigenvalue weighted by Crippen LogP contribution is -2.46. The van der Waals surface area contributed by atoms with Crippen molar-refractivity contribution in [1.82, 2.24) is 5.32 Å². The van der Waals surface area contributed by atoms with Crippen LogP contribution >= 0.6 is 12.4 Å². The summed E-state index contributed by atoms with van der Waals surface area (Å²) in [4.78, 5) is 23.5. The summed E-state index contributed by atoms with van der Waals surface area (Å²) in [5.74, 6) is 0.114. The van der Waals surface area contributed by atoms with Crippen molar-refractivity contribution in [3.63, 3.8) is 0 Å². The van der Waals surface area contributed by atoms with E-state index in [0.717, 1.165) is 5.75 Å². The van der Waals surface area contributed by atoms with Crippen LogP contribution < -0.4 is 21.1 Å². The lowest BCUT2D eigenvalue weighted by molar-refractivity contribution is -0.125. The molecule has 0 radical (unpaired) electrons. The third kappa shape index (κ3) is 8.17. The molecule has 0 heterocycles. The van der Waals surface area contributed by atoms with Gasteiger partial charge in [0.25, 0.3) is 0 Å². The van der Waals surface area contributed by atoms with Gasteiger partial charge in [-0.15, -0.1) is 12.4 Å². The molecule has 1 aromatic rings. The Morgan fingerprint density at radius 1 is 1.17 bits per heavy atom. The molecule has 6 nitrogen and oxygen atoms in total. The van der Waals surface area contributed by atoms with E-state index in [1.54, 1.807) is 24.3 Å². The van der Waals surface area contributed by atoms with Crippen molar-refractivity contribution in [2.24, 2.45) is 11.7 Å². The van der Waals surface area contributed by atoms with Gasteiger partial charge < -0.3 is 21.1 Å². The van der Waals surface area contributed by atoms with Gasteiger partial charge >= 0.3 is 0 Å². The first-order chi connectivity index (χ1) is 10.6. The van der Waals surface area contributed by atoms with Gasteiger partial charge in [0.05, 0.1) is 12.6 Å². The summed E-state index contributed by atoms with van der Waals surface area (Å²) in [5, 5.41) is 5.23. The summed E-state index contributed by atoms with van der Waals surface area (Å²) in [6, 6.07) is 6.46. The lowest BCUT2D eigenvalue weighted by Gasteiger charge is -2.21. The number of nitrogens with two attached hydrogens (primary N) is 1. The molecule has 1 atom stereocenters. The fourth-order valence-electron chi connectivity index (χ4n) is 1.75. The average molecular weight is 358 g/mol. The highest BCUT2D eigenvalue weighted by atomic mass is 35.5. The second-order valence-electron chi connectivity index (χ2n) is 6.77. The minimum absolute atomic E-state index is 0. The molecule has 136 valence electrons. The third-order valence-electron chi connectivity index (χ3n) is 3.01. The van der Waals surface area contributed by atoms with Crippen LogP contribution in [0.15, 0.2) is 24.3 Å². The Hall–Kier alpha value is -1.79. The topological polar surface area (TPSA) is 93.5 Å². The van der Waals surface area contributed by atoms with Gasteiger partial charge in [-0.25, -0.2) is 0 Å². The summed E-state index contributed by atoms with van der Waals surface area (Å²) in [7, 11) is 0. The Kier molecular flexibility index (Phi) is 8.78. The van der Waals surface area contributed by atoms with E-state index in [0.29, 0.717) is 5.69 Å². The van der Waals surface area contributed by atoms with Gasteiger partial charge in [0.15, 0.2) is 0 Å². The molecule has 2 amide bonds. The van der Waals surface area contributed by atoms with Gasteiger partial charge in [-0.05, 0) is 51.0 Å². The summed E-state index contributed by atoms with van der Waals surface area (Å²) in [6.07, 6.45) is 0. The zero-order chi connectivity index (χ0) is 17.6. The molecule has 0 aliphatic carbocycles. The number of nitrogens with one attached hydrogen (secondary N) is 2. The maximum Gasteiger partial charge on any atom is 0.243 e. The molecule has 0 saturated heterocycles. The van der Waals surface area contributed by atoms with Crippen molar-refractivity contribution < 1.29 is 14.3 Å². The van der Waals surface area contributed by atoms with Gasteiger partial charge in [-0.2, -0.15) is 0 Å². The number of anilines is 1. The summed E-state index contributed by atoms with van der Waals surface area (Å²) in [5.41, 5.74) is 6.07. The minimum atomic E-state index is -0.614. The molecule has 0 spiro atoms. The van der Waals surface area contributed by atoms with Crippen molar-refractivity contribution in [3.05, 3.63) is 24.3 Å². The number of amides is 2. The first-order valence-electron chi connectivity index (χ1n) is 7.71. The SMILES string of the molecule is CC(C)[C@H](N)C(=O)NCC(=O)Nc1ccc(OC(C)(C)C)cc1.Cl. The predicted octanol–water partition coefficient (Wildman–Crippen LogP) is 2.32. The van der Waals surface area contributed by atoms with E-state index in [2.05, 4.69) is 10.6 Å². The van der Waals surface area contributed by atoms with Crippen molar-refractivity contribution in [2.75, 3.05) is 11.9 Å². The van der Waals surface area contributed by atoms with E-state index >= 15 is 0 Å². The van der Waals surface area contributed by atoms with Crippen LogP contribution in [0.5, 0.6) is 5.75 Å². The Bertz CT molecular complexity index is 539. The largest absolute Gasteiger partial charge is 0.488 e. The van der Waals surface area contributed by atoms with Crippen molar-refractivity contribution in [2.45, 2.75) is 46.3 Å². The number of rotatable bonds is 6. The zero-order valence-electron chi connectivity index (χ0n) is 14.9. The van der Waals surface area contributed by atoms with Crippen LogP contribution in [0.1, 0.15) is 34.6 Å². The summed E-state index contributed by atoms with van der Waals surface area (Å²) < 4.78 is 5.71. The van der Waals surface area contributed by atoms with E-state index < -0.39 is 6.04 Å². The predicted molar refractivity (Wildman–Crippen MR) is 98.5 cm³/mol. The smallest absolute Gasteiger partial charge is 0.243 e. The molecule has 0 unspecified atom stereocenters. The minimum Gasteiger partial charge on any atom is -0.488 e. The number of carbonyl (C=O) groups excluding carboxylic acids is 2. The maximum absolute atomic E-state index is 11.8. The Labute approximate surface area is 149 Å². The van der Waals surface area contributed by atoms with Crippen LogP contribution in [0.2, 0.25) is 0 Å². The van der Waals surface area contributed by atoms with Gasteiger partial charge in [0.2, 0.25) is 11.8 Å². The van der Waals surface area contributed by atoms with Crippen molar-refractivity contribution >= 4 is 29.9 Å². The van der Waals surface area contributed by atoms with Crippen LogP contribution in [0, 0.1) is 5.92 Å². The second-order valence-corrected chi connectivity index (χ2v) is 6.77. The first-order valence-corrected chi connectivity index (χ1v) is 7.71. The number of carbonyl (C=O) groups is 2. The summed E-state index contributed by atoms with van der Waals surface area (Å²) >= 11 is 0. The highest BCUT2D eigenvalue weighted by Crippen LogP contribution is 2.20. The van der Waals surface area contributed by atoms with Gasteiger partial charge in [0.1, 0.15) is 11.4 Å². The zero-order valence-corrected chi connectivity index (χ0v) is 15.7. The van der Waals surface area contributed by atoms with E-state index in [1.165, 1.54) is 0 Å². The fraction of sp³-hybridized carbons (Fsp3) is 0.529. The molecule has 0 aliphatic heterocycles. The molecule has 1 aromatic carbocycles. The van der Waals surface area contributed by atoms with Gasteiger partial charge in [-0.1, -0.05) is 13.8 Å². The van der Waals surface area contributed by atoms with Crippen LogP contribution in [0.25, 0.3) is 0 Å². The molecule has 24 heavy (non-hydrogen) atoms. The normalized spacial score (nSPS) is 12.1. The Balaban J connectivity index is 0.00000529. The van der Waals surface area contributed by atoms with E-state index in [4.69, 9.17) is 10.5 Å². The number of ether oxygens (including phenoxy) is 1. The molecular weight excluding hydrogens is 330 g/mol.